The number of thioether (sulfide) groups is 1. The van der Waals surface area contributed by atoms with E-state index in [4.69, 9.17) is 4.98 Å². The Balaban J connectivity index is 1.40. The van der Waals surface area contributed by atoms with Crippen LogP contribution in [0.4, 0.5) is 0 Å². The number of piperidine rings is 1. The van der Waals surface area contributed by atoms with Gasteiger partial charge < -0.3 is 4.90 Å². The molecule has 3 aromatic rings. The Morgan fingerprint density at radius 2 is 2.28 bits per heavy atom. The van der Waals surface area contributed by atoms with E-state index in [-0.39, 0.29) is 5.91 Å². The summed E-state index contributed by atoms with van der Waals surface area (Å²) in [7, 11) is 0. The van der Waals surface area contributed by atoms with Gasteiger partial charge in [0.25, 0.3) is 0 Å². The van der Waals surface area contributed by atoms with Crippen molar-refractivity contribution in [3.8, 4) is 0 Å². The first-order chi connectivity index (χ1) is 12.2. The van der Waals surface area contributed by atoms with Crippen molar-refractivity contribution in [2.45, 2.75) is 30.8 Å². The number of fused-ring (bicyclic) bond motifs is 1. The molecule has 1 aromatic carbocycles. The molecule has 0 spiro atoms. The van der Waals surface area contributed by atoms with Crippen LogP contribution in [0, 0.1) is 6.92 Å². The highest BCUT2D eigenvalue weighted by Gasteiger charge is 2.27. The lowest BCUT2D eigenvalue weighted by molar-refractivity contribution is -0.129. The van der Waals surface area contributed by atoms with Gasteiger partial charge >= 0.3 is 0 Å². The molecular formula is C17H19N5OS2. The number of aromatic nitrogens is 4. The third-order valence-corrected chi connectivity index (χ3v) is 6.37. The van der Waals surface area contributed by atoms with Crippen molar-refractivity contribution in [1.82, 2.24) is 25.1 Å². The monoisotopic (exact) mass is 373 g/mol. The topological polar surface area (TPSA) is 74.8 Å². The molecule has 2 aromatic heterocycles. The smallest absolute Gasteiger partial charge is 0.233 e. The summed E-state index contributed by atoms with van der Waals surface area (Å²) in [5.74, 6) is 1.64. The van der Waals surface area contributed by atoms with E-state index in [0.29, 0.717) is 16.8 Å². The minimum absolute atomic E-state index is 0.151. The van der Waals surface area contributed by atoms with E-state index in [1.165, 1.54) is 16.5 Å². The molecule has 1 amide bonds. The molecule has 130 valence electrons. The molecule has 0 bridgehead atoms. The van der Waals surface area contributed by atoms with Crippen LogP contribution in [0.3, 0.4) is 0 Å². The van der Waals surface area contributed by atoms with Crippen LogP contribution in [0.5, 0.6) is 0 Å². The summed E-state index contributed by atoms with van der Waals surface area (Å²) >= 11 is 3.14. The molecule has 6 nitrogen and oxygen atoms in total. The molecule has 1 N–H and O–H groups in total. The van der Waals surface area contributed by atoms with Gasteiger partial charge in [-0.15, -0.1) is 16.4 Å². The number of likely N-dealkylation sites (tertiary alicyclic amines) is 1. The Hall–Kier alpha value is -1.93. The number of nitrogens with zero attached hydrogens (tertiary/aromatic N) is 4. The Morgan fingerprint density at radius 1 is 1.40 bits per heavy atom. The van der Waals surface area contributed by atoms with E-state index in [0.717, 1.165) is 42.3 Å². The fourth-order valence-corrected chi connectivity index (χ4v) is 4.91. The van der Waals surface area contributed by atoms with E-state index in [9.17, 15) is 4.79 Å². The Bertz CT molecular complexity index is 857. The summed E-state index contributed by atoms with van der Waals surface area (Å²) in [5.41, 5.74) is 1.06. The van der Waals surface area contributed by atoms with Crippen molar-refractivity contribution in [1.29, 1.82) is 0 Å². The third-order valence-electron chi connectivity index (χ3n) is 4.34. The molecule has 8 heteroatoms. The lowest BCUT2D eigenvalue weighted by atomic mass is 9.99. The molecule has 0 radical (unpaired) electrons. The van der Waals surface area contributed by atoms with E-state index in [2.05, 4.69) is 27.3 Å². The van der Waals surface area contributed by atoms with Gasteiger partial charge in [-0.05, 0) is 31.9 Å². The molecule has 1 saturated heterocycles. The number of aromatic amines is 1. The van der Waals surface area contributed by atoms with Gasteiger partial charge in [0.1, 0.15) is 5.82 Å². The van der Waals surface area contributed by atoms with Crippen molar-refractivity contribution in [3.05, 3.63) is 35.1 Å². The fraction of sp³-hybridized carbons (Fsp3) is 0.412. The van der Waals surface area contributed by atoms with Crippen molar-refractivity contribution in [2.75, 3.05) is 18.8 Å². The van der Waals surface area contributed by atoms with Gasteiger partial charge in [-0.3, -0.25) is 9.89 Å². The zero-order valence-electron chi connectivity index (χ0n) is 13.9. The molecule has 0 saturated carbocycles. The first kappa shape index (κ1) is 16.5. The van der Waals surface area contributed by atoms with Gasteiger partial charge in [0.2, 0.25) is 11.1 Å². The van der Waals surface area contributed by atoms with Crippen LogP contribution >= 0.6 is 23.1 Å². The molecular weight excluding hydrogens is 354 g/mol. The van der Waals surface area contributed by atoms with Crippen LogP contribution < -0.4 is 0 Å². The highest BCUT2D eigenvalue weighted by atomic mass is 32.2. The SMILES string of the molecule is Cc1nc(SCC(=O)N2CCCC(c3nc4ccccc4s3)C2)n[nH]1. The van der Waals surface area contributed by atoms with E-state index in [1.807, 2.05) is 24.0 Å². The van der Waals surface area contributed by atoms with Gasteiger partial charge in [0.05, 0.1) is 21.0 Å². The normalized spacial score (nSPS) is 18.0. The minimum Gasteiger partial charge on any atom is -0.341 e. The number of thiazole rings is 1. The fourth-order valence-electron chi connectivity index (χ4n) is 3.07. The number of hydrogen-bond donors (Lipinski definition) is 1. The summed E-state index contributed by atoms with van der Waals surface area (Å²) in [4.78, 5) is 23.5. The van der Waals surface area contributed by atoms with Gasteiger partial charge in [-0.1, -0.05) is 23.9 Å². The summed E-state index contributed by atoms with van der Waals surface area (Å²) < 4.78 is 1.22. The van der Waals surface area contributed by atoms with Crippen LogP contribution in [-0.2, 0) is 4.79 Å². The van der Waals surface area contributed by atoms with Crippen LogP contribution in [0.15, 0.2) is 29.4 Å². The molecule has 1 atom stereocenters. The number of hydrogen-bond acceptors (Lipinski definition) is 6. The van der Waals surface area contributed by atoms with Crippen molar-refractivity contribution in [2.24, 2.45) is 0 Å². The number of para-hydroxylation sites is 1. The molecule has 3 heterocycles. The molecule has 1 unspecified atom stereocenters. The van der Waals surface area contributed by atoms with Crippen molar-refractivity contribution >= 4 is 39.2 Å². The Kier molecular flexibility index (Phi) is 4.72. The van der Waals surface area contributed by atoms with E-state index in [1.54, 1.807) is 11.3 Å². The highest BCUT2D eigenvalue weighted by molar-refractivity contribution is 7.99. The maximum absolute atomic E-state index is 12.5. The average molecular weight is 374 g/mol. The van der Waals surface area contributed by atoms with Crippen molar-refractivity contribution in [3.63, 3.8) is 0 Å². The van der Waals surface area contributed by atoms with Crippen LogP contribution in [0.1, 0.15) is 29.6 Å². The van der Waals surface area contributed by atoms with Gasteiger partial charge in [0, 0.05) is 19.0 Å². The Labute approximate surface area is 154 Å². The second kappa shape index (κ2) is 7.13. The summed E-state index contributed by atoms with van der Waals surface area (Å²) in [5, 5.41) is 8.65. The van der Waals surface area contributed by atoms with Crippen LogP contribution in [0.2, 0.25) is 0 Å². The molecule has 0 aliphatic carbocycles. The molecule has 1 aliphatic heterocycles. The predicted molar refractivity (Wildman–Crippen MR) is 100 cm³/mol. The van der Waals surface area contributed by atoms with E-state index >= 15 is 0 Å². The molecule has 1 fully saturated rings. The molecule has 25 heavy (non-hydrogen) atoms. The molecule has 4 rings (SSSR count). The summed E-state index contributed by atoms with van der Waals surface area (Å²) in [6, 6.07) is 8.22. The second-order valence-electron chi connectivity index (χ2n) is 6.19. The number of rotatable bonds is 4. The zero-order valence-corrected chi connectivity index (χ0v) is 15.6. The second-order valence-corrected chi connectivity index (χ2v) is 8.20. The minimum atomic E-state index is 0.151. The number of amides is 1. The lowest BCUT2D eigenvalue weighted by Crippen LogP contribution is -2.40. The first-order valence-corrected chi connectivity index (χ1v) is 10.1. The van der Waals surface area contributed by atoms with Gasteiger partial charge in [0.15, 0.2) is 0 Å². The maximum Gasteiger partial charge on any atom is 0.233 e. The zero-order chi connectivity index (χ0) is 17.2. The van der Waals surface area contributed by atoms with Gasteiger partial charge in [-0.2, -0.15) is 0 Å². The number of carbonyl (C=O) groups excluding carboxylic acids is 1. The summed E-state index contributed by atoms with van der Waals surface area (Å²) in [6.45, 7) is 3.44. The first-order valence-electron chi connectivity index (χ1n) is 8.34. The molecule has 1 aliphatic rings. The lowest BCUT2D eigenvalue weighted by Gasteiger charge is -2.31. The van der Waals surface area contributed by atoms with Gasteiger partial charge in [-0.25, -0.2) is 9.97 Å². The predicted octanol–water partition coefficient (Wildman–Crippen LogP) is 3.22. The standard InChI is InChI=1S/C17H19N5OS2/c1-11-18-17(21-20-11)24-10-15(23)22-8-4-5-12(9-22)16-19-13-6-2-3-7-14(13)25-16/h2-3,6-7,12H,4-5,8-10H2,1H3,(H,18,20,21). The Morgan fingerprint density at radius 3 is 3.08 bits per heavy atom. The number of carbonyl (C=O) groups is 1. The number of nitrogens with one attached hydrogen (secondary N) is 1. The third kappa shape index (κ3) is 3.69. The largest absolute Gasteiger partial charge is 0.341 e. The maximum atomic E-state index is 12.5. The number of aryl methyl sites for hydroxylation is 1. The highest BCUT2D eigenvalue weighted by Crippen LogP contribution is 2.33. The summed E-state index contributed by atoms with van der Waals surface area (Å²) in [6.07, 6.45) is 2.12. The average Bonchev–Trinajstić information content (AvgIpc) is 3.25. The number of H-pyrrole nitrogens is 1. The number of benzene rings is 1. The van der Waals surface area contributed by atoms with E-state index < -0.39 is 0 Å². The van der Waals surface area contributed by atoms with Crippen LogP contribution in [0.25, 0.3) is 10.2 Å². The van der Waals surface area contributed by atoms with Crippen molar-refractivity contribution < 1.29 is 4.79 Å². The van der Waals surface area contributed by atoms with Crippen LogP contribution in [-0.4, -0.2) is 49.8 Å². The quantitative estimate of drug-likeness (QED) is 0.711.